The molecule has 0 saturated carbocycles. The van der Waals surface area contributed by atoms with E-state index in [1.54, 1.807) is 0 Å². The monoisotopic (exact) mass is 271 g/mol. The molecule has 2 unspecified atom stereocenters. The Morgan fingerprint density at radius 3 is 2.74 bits per heavy atom. The lowest BCUT2D eigenvalue weighted by atomic mass is 9.98. The Morgan fingerprint density at radius 1 is 1.16 bits per heavy atom. The van der Waals surface area contributed by atoms with Crippen molar-refractivity contribution < 1.29 is 4.74 Å². The van der Waals surface area contributed by atoms with E-state index in [4.69, 9.17) is 10.5 Å². The Morgan fingerprint density at radius 2 is 1.89 bits per heavy atom. The van der Waals surface area contributed by atoms with Gasteiger partial charge in [-0.15, -0.1) is 11.8 Å². The van der Waals surface area contributed by atoms with Gasteiger partial charge in [0.05, 0.1) is 6.04 Å². The maximum Gasteiger partial charge on any atom is 0.133 e. The lowest BCUT2D eigenvalue weighted by Crippen LogP contribution is -2.35. The SMILES string of the molecule is Cc1ccccc1C(N)C1CSc2ccccc2O1. The molecule has 98 valence electrons. The molecule has 0 aromatic heterocycles. The largest absolute Gasteiger partial charge is 0.486 e. The molecule has 1 heterocycles. The molecule has 3 heteroatoms. The second-order valence-corrected chi connectivity index (χ2v) is 5.86. The van der Waals surface area contributed by atoms with Crippen LogP contribution in [-0.2, 0) is 0 Å². The third-order valence-electron chi connectivity index (χ3n) is 3.48. The van der Waals surface area contributed by atoms with Gasteiger partial charge >= 0.3 is 0 Å². The van der Waals surface area contributed by atoms with Crippen LogP contribution in [0, 0.1) is 6.92 Å². The minimum absolute atomic E-state index is 0.0287. The Kier molecular flexibility index (Phi) is 3.49. The van der Waals surface area contributed by atoms with E-state index in [9.17, 15) is 0 Å². The molecule has 2 N–H and O–H groups in total. The zero-order chi connectivity index (χ0) is 13.2. The fourth-order valence-corrected chi connectivity index (χ4v) is 3.43. The van der Waals surface area contributed by atoms with Gasteiger partial charge in [0.2, 0.25) is 0 Å². The minimum atomic E-state index is -0.0814. The molecule has 0 saturated heterocycles. The van der Waals surface area contributed by atoms with Crippen LogP contribution in [0.2, 0.25) is 0 Å². The van der Waals surface area contributed by atoms with Gasteiger partial charge in [-0.25, -0.2) is 0 Å². The summed E-state index contributed by atoms with van der Waals surface area (Å²) in [6, 6.07) is 16.3. The van der Waals surface area contributed by atoms with Crippen molar-refractivity contribution in [3.05, 3.63) is 59.7 Å². The van der Waals surface area contributed by atoms with E-state index in [0.717, 1.165) is 11.5 Å². The fourth-order valence-electron chi connectivity index (χ4n) is 2.37. The molecule has 0 fully saturated rings. The third kappa shape index (κ3) is 2.48. The molecule has 1 aliphatic heterocycles. The quantitative estimate of drug-likeness (QED) is 0.907. The lowest BCUT2D eigenvalue weighted by Gasteiger charge is -2.30. The number of hydrogen-bond acceptors (Lipinski definition) is 3. The van der Waals surface area contributed by atoms with Crippen molar-refractivity contribution in [2.24, 2.45) is 5.73 Å². The molecule has 0 spiro atoms. The summed E-state index contributed by atoms with van der Waals surface area (Å²) in [5.74, 6) is 1.85. The molecule has 0 aliphatic carbocycles. The first kappa shape index (κ1) is 12.6. The summed E-state index contributed by atoms with van der Waals surface area (Å²) in [4.78, 5) is 1.20. The summed E-state index contributed by atoms with van der Waals surface area (Å²) in [6.45, 7) is 2.10. The number of thioether (sulfide) groups is 1. The number of nitrogens with two attached hydrogens (primary N) is 1. The average molecular weight is 271 g/mol. The van der Waals surface area contributed by atoms with E-state index < -0.39 is 0 Å². The van der Waals surface area contributed by atoms with Gasteiger partial charge in [-0.05, 0) is 30.2 Å². The van der Waals surface area contributed by atoms with Gasteiger partial charge < -0.3 is 10.5 Å². The van der Waals surface area contributed by atoms with Crippen LogP contribution in [0.5, 0.6) is 5.75 Å². The molecule has 0 radical (unpaired) electrons. The predicted molar refractivity (Wildman–Crippen MR) is 79.7 cm³/mol. The van der Waals surface area contributed by atoms with Gasteiger partial charge in [-0.1, -0.05) is 36.4 Å². The van der Waals surface area contributed by atoms with Gasteiger partial charge in [0, 0.05) is 10.6 Å². The van der Waals surface area contributed by atoms with E-state index in [-0.39, 0.29) is 12.1 Å². The van der Waals surface area contributed by atoms with E-state index in [1.165, 1.54) is 16.0 Å². The molecule has 3 rings (SSSR count). The Hall–Kier alpha value is -1.45. The van der Waals surface area contributed by atoms with Crippen LogP contribution in [-0.4, -0.2) is 11.9 Å². The number of para-hydroxylation sites is 1. The van der Waals surface area contributed by atoms with Crippen LogP contribution in [0.25, 0.3) is 0 Å². The summed E-state index contributed by atoms with van der Waals surface area (Å²) in [6.07, 6.45) is 0.0287. The highest BCUT2D eigenvalue weighted by atomic mass is 32.2. The molecule has 2 nitrogen and oxygen atoms in total. The van der Waals surface area contributed by atoms with Gasteiger partial charge in [0.15, 0.2) is 0 Å². The van der Waals surface area contributed by atoms with Crippen molar-refractivity contribution in [2.75, 3.05) is 5.75 Å². The zero-order valence-electron chi connectivity index (χ0n) is 10.9. The standard InChI is InChI=1S/C16H17NOS/c1-11-6-2-3-7-12(11)16(17)14-10-19-15-9-5-4-8-13(15)18-14/h2-9,14,16H,10,17H2,1H3. The number of ether oxygens (including phenoxy) is 1. The first-order valence-electron chi connectivity index (χ1n) is 6.45. The van der Waals surface area contributed by atoms with Crippen LogP contribution in [0.3, 0.4) is 0 Å². The number of aryl methyl sites for hydroxylation is 1. The van der Waals surface area contributed by atoms with Crippen molar-refractivity contribution in [3.63, 3.8) is 0 Å². The summed E-state index contributed by atoms with van der Waals surface area (Å²) in [5, 5.41) is 0. The summed E-state index contributed by atoms with van der Waals surface area (Å²) < 4.78 is 6.06. The molecule has 19 heavy (non-hydrogen) atoms. The van der Waals surface area contributed by atoms with Crippen molar-refractivity contribution in [2.45, 2.75) is 24.0 Å². The molecule has 2 atom stereocenters. The molecule has 0 amide bonds. The van der Waals surface area contributed by atoms with E-state index >= 15 is 0 Å². The van der Waals surface area contributed by atoms with E-state index in [0.29, 0.717) is 0 Å². The maximum atomic E-state index is 6.39. The number of benzene rings is 2. The van der Waals surface area contributed by atoms with Crippen LogP contribution in [0.15, 0.2) is 53.4 Å². The van der Waals surface area contributed by atoms with Gasteiger partial charge in [-0.2, -0.15) is 0 Å². The van der Waals surface area contributed by atoms with E-state index in [1.807, 2.05) is 42.1 Å². The lowest BCUT2D eigenvalue weighted by molar-refractivity contribution is 0.185. The van der Waals surface area contributed by atoms with Crippen molar-refractivity contribution in [1.29, 1.82) is 0 Å². The molecule has 2 aromatic rings. The Labute approximate surface area is 118 Å². The molecular weight excluding hydrogens is 254 g/mol. The highest BCUT2D eigenvalue weighted by Gasteiger charge is 2.27. The van der Waals surface area contributed by atoms with Crippen LogP contribution >= 0.6 is 11.8 Å². The second-order valence-electron chi connectivity index (χ2n) is 4.80. The van der Waals surface area contributed by atoms with Gasteiger partial charge in [-0.3, -0.25) is 0 Å². The van der Waals surface area contributed by atoms with Crippen molar-refractivity contribution >= 4 is 11.8 Å². The zero-order valence-corrected chi connectivity index (χ0v) is 11.7. The van der Waals surface area contributed by atoms with Crippen molar-refractivity contribution in [1.82, 2.24) is 0 Å². The molecule has 0 bridgehead atoms. The van der Waals surface area contributed by atoms with Crippen LogP contribution < -0.4 is 10.5 Å². The summed E-state index contributed by atoms with van der Waals surface area (Å²) >= 11 is 1.82. The number of fused-ring (bicyclic) bond motifs is 1. The Balaban J connectivity index is 1.83. The van der Waals surface area contributed by atoms with Crippen molar-refractivity contribution in [3.8, 4) is 5.75 Å². The average Bonchev–Trinajstić information content (AvgIpc) is 2.46. The molecular formula is C16H17NOS. The predicted octanol–water partition coefficient (Wildman–Crippen LogP) is 3.55. The topological polar surface area (TPSA) is 35.2 Å². The van der Waals surface area contributed by atoms with Crippen LogP contribution in [0.1, 0.15) is 17.2 Å². The number of rotatable bonds is 2. The highest BCUT2D eigenvalue weighted by Crippen LogP contribution is 2.37. The normalized spacial score (nSPS) is 19.4. The molecule has 2 aromatic carbocycles. The summed E-state index contributed by atoms with van der Waals surface area (Å²) in [7, 11) is 0. The van der Waals surface area contributed by atoms with E-state index in [2.05, 4.69) is 25.1 Å². The van der Waals surface area contributed by atoms with Gasteiger partial charge in [0.1, 0.15) is 11.9 Å². The number of hydrogen-bond donors (Lipinski definition) is 1. The Bertz CT molecular complexity index is 584. The smallest absolute Gasteiger partial charge is 0.133 e. The second kappa shape index (κ2) is 5.27. The third-order valence-corrected chi connectivity index (χ3v) is 4.62. The first-order valence-corrected chi connectivity index (χ1v) is 7.44. The first-order chi connectivity index (χ1) is 9.25. The molecule has 1 aliphatic rings. The maximum absolute atomic E-state index is 6.39. The highest BCUT2D eigenvalue weighted by molar-refractivity contribution is 7.99. The summed E-state index contributed by atoms with van der Waals surface area (Å²) in [5.41, 5.74) is 8.79. The van der Waals surface area contributed by atoms with Crippen LogP contribution in [0.4, 0.5) is 0 Å². The minimum Gasteiger partial charge on any atom is -0.486 e. The fraction of sp³-hybridized carbons (Fsp3) is 0.250. The van der Waals surface area contributed by atoms with Gasteiger partial charge in [0.25, 0.3) is 0 Å².